The van der Waals surface area contributed by atoms with Gasteiger partial charge in [-0.2, -0.15) is 0 Å². The van der Waals surface area contributed by atoms with E-state index < -0.39 is 0 Å². The number of pyridine rings is 2. The van der Waals surface area contributed by atoms with E-state index in [-0.39, 0.29) is 10.8 Å². The molecule has 60 heavy (non-hydrogen) atoms. The van der Waals surface area contributed by atoms with E-state index in [9.17, 15) is 0 Å². The molecule has 0 bridgehead atoms. The van der Waals surface area contributed by atoms with Gasteiger partial charge in [-0.25, -0.2) is 9.97 Å². The zero-order valence-electron chi connectivity index (χ0n) is 34.7. The molecule has 0 atom stereocenters. The molecule has 11 aromatic rings. The quantitative estimate of drug-likeness (QED) is 0.175. The van der Waals surface area contributed by atoms with Crippen LogP contribution in [0, 0.1) is 0 Å². The van der Waals surface area contributed by atoms with Gasteiger partial charge in [0.2, 0.25) is 0 Å². The van der Waals surface area contributed by atoms with E-state index in [1.807, 2.05) is 12.4 Å². The minimum absolute atomic E-state index is 0.0291. The summed E-state index contributed by atoms with van der Waals surface area (Å²) in [5.74, 6) is 3.23. The molecule has 0 saturated heterocycles. The summed E-state index contributed by atoms with van der Waals surface area (Å²) in [5, 5.41) is 6.98. The van der Waals surface area contributed by atoms with Gasteiger partial charge in [-0.3, -0.25) is 9.13 Å². The molecule has 0 saturated carbocycles. The maximum Gasteiger partial charge on any atom is 0.153 e. The highest BCUT2D eigenvalue weighted by Gasteiger charge is 2.24. The molecule has 0 aliphatic rings. The van der Waals surface area contributed by atoms with E-state index in [4.69, 9.17) is 14.7 Å². The number of benzene rings is 6. The number of hydrogen-bond acceptors (Lipinski definition) is 3. The fourth-order valence-electron chi connectivity index (χ4n) is 9.07. The van der Waals surface area contributed by atoms with Crippen LogP contribution in [0.5, 0.6) is 11.5 Å². The van der Waals surface area contributed by atoms with Gasteiger partial charge in [-0.1, -0.05) is 114 Å². The van der Waals surface area contributed by atoms with E-state index in [1.165, 1.54) is 27.3 Å². The summed E-state index contributed by atoms with van der Waals surface area (Å²) in [6.45, 7) is 13.5. The Morgan fingerprint density at radius 3 is 1.28 bits per heavy atom. The molecule has 6 heteroatoms. The second-order valence-corrected chi connectivity index (χ2v) is 18.0. The van der Waals surface area contributed by atoms with Crippen molar-refractivity contribution in [2.45, 2.75) is 52.4 Å². The standard InChI is InChI=1S/C54H45N5O/c1-53(2,3)34-25-27-55-51(29-34)58-45-21-13-9-17-39(45)41-24-23-36(31-47(41)58)60-50-33-48-42(32-49(50)57-43-19-11-7-15-37(43)38-16-8-12-20-44(38)57)40-18-10-14-22-46(40)59(48)52-30-35(26-28-56-52)54(4,5)6/h7-33H,1-6H3. The first kappa shape index (κ1) is 35.9. The predicted octanol–water partition coefficient (Wildman–Crippen LogP) is 14.2. The van der Waals surface area contributed by atoms with Gasteiger partial charge in [0.1, 0.15) is 17.4 Å². The van der Waals surface area contributed by atoms with Crippen LogP contribution in [-0.4, -0.2) is 23.7 Å². The van der Waals surface area contributed by atoms with Crippen LogP contribution in [0.1, 0.15) is 52.7 Å². The Kier molecular flexibility index (Phi) is 7.89. The van der Waals surface area contributed by atoms with Gasteiger partial charge in [0.25, 0.3) is 0 Å². The first-order valence-electron chi connectivity index (χ1n) is 20.7. The molecule has 11 rings (SSSR count). The molecule has 0 spiro atoms. The first-order valence-corrected chi connectivity index (χ1v) is 20.7. The number of fused-ring (bicyclic) bond motifs is 9. The minimum atomic E-state index is -0.0425. The average Bonchev–Trinajstić information content (AvgIpc) is 3.88. The molecule has 0 amide bonds. The van der Waals surface area contributed by atoms with Gasteiger partial charge in [0, 0.05) is 56.8 Å². The van der Waals surface area contributed by atoms with Crippen molar-refractivity contribution in [1.82, 2.24) is 23.7 Å². The minimum Gasteiger partial charge on any atom is -0.455 e. The van der Waals surface area contributed by atoms with Crippen molar-refractivity contribution in [3.8, 4) is 28.8 Å². The Morgan fingerprint density at radius 2 is 0.800 bits per heavy atom. The molecule has 0 N–H and O–H groups in total. The Morgan fingerprint density at radius 1 is 0.383 bits per heavy atom. The summed E-state index contributed by atoms with van der Waals surface area (Å²) in [6.07, 6.45) is 3.86. The number of para-hydroxylation sites is 4. The van der Waals surface area contributed by atoms with E-state index in [1.54, 1.807) is 0 Å². The Bertz CT molecular complexity index is 3440. The fourth-order valence-corrected chi connectivity index (χ4v) is 9.07. The molecule has 5 heterocycles. The van der Waals surface area contributed by atoms with Crippen LogP contribution in [0.2, 0.25) is 0 Å². The van der Waals surface area contributed by atoms with Crippen LogP contribution in [0.25, 0.3) is 82.7 Å². The molecular formula is C54H45N5O. The third-order valence-corrected chi connectivity index (χ3v) is 12.1. The van der Waals surface area contributed by atoms with Crippen LogP contribution in [0.15, 0.2) is 164 Å². The predicted molar refractivity (Wildman–Crippen MR) is 249 cm³/mol. The molecule has 6 aromatic carbocycles. The number of rotatable bonds is 5. The van der Waals surface area contributed by atoms with Gasteiger partial charge in [0.05, 0.1) is 38.8 Å². The van der Waals surface area contributed by atoms with E-state index in [2.05, 4.69) is 207 Å². The lowest BCUT2D eigenvalue weighted by Crippen LogP contribution is -2.12. The van der Waals surface area contributed by atoms with Crippen LogP contribution >= 0.6 is 0 Å². The van der Waals surface area contributed by atoms with Gasteiger partial charge < -0.3 is 9.30 Å². The Labute approximate surface area is 348 Å². The average molecular weight is 780 g/mol. The largest absolute Gasteiger partial charge is 0.455 e. The smallest absolute Gasteiger partial charge is 0.153 e. The van der Waals surface area contributed by atoms with Crippen molar-refractivity contribution in [2.24, 2.45) is 0 Å². The highest BCUT2D eigenvalue weighted by molar-refractivity contribution is 6.13. The number of ether oxygens (including phenoxy) is 1. The van der Waals surface area contributed by atoms with Crippen molar-refractivity contribution < 1.29 is 4.74 Å². The lowest BCUT2D eigenvalue weighted by atomic mass is 9.88. The normalized spacial score (nSPS) is 12.5. The second-order valence-electron chi connectivity index (χ2n) is 18.0. The van der Waals surface area contributed by atoms with Crippen molar-refractivity contribution >= 4 is 65.4 Å². The van der Waals surface area contributed by atoms with Crippen molar-refractivity contribution in [1.29, 1.82) is 0 Å². The molecule has 0 aliphatic heterocycles. The molecule has 0 aliphatic carbocycles. The molecule has 5 aromatic heterocycles. The number of nitrogens with zero attached hydrogens (tertiary/aromatic N) is 5. The van der Waals surface area contributed by atoms with Gasteiger partial charge in [-0.15, -0.1) is 0 Å². The topological polar surface area (TPSA) is 49.8 Å². The first-order chi connectivity index (χ1) is 29.0. The second kappa shape index (κ2) is 13.2. The molecule has 0 unspecified atom stereocenters. The van der Waals surface area contributed by atoms with Gasteiger partial charge in [0.15, 0.2) is 5.75 Å². The third kappa shape index (κ3) is 5.62. The van der Waals surface area contributed by atoms with Crippen molar-refractivity contribution in [3.05, 3.63) is 175 Å². The van der Waals surface area contributed by atoms with Crippen molar-refractivity contribution in [3.63, 3.8) is 0 Å². The van der Waals surface area contributed by atoms with E-state index in [0.29, 0.717) is 0 Å². The highest BCUT2D eigenvalue weighted by atomic mass is 16.5. The summed E-state index contributed by atoms with van der Waals surface area (Å²) >= 11 is 0. The summed E-state index contributed by atoms with van der Waals surface area (Å²) in [4.78, 5) is 9.93. The molecule has 292 valence electrons. The van der Waals surface area contributed by atoms with Crippen LogP contribution in [0.3, 0.4) is 0 Å². The molecule has 0 radical (unpaired) electrons. The van der Waals surface area contributed by atoms with Gasteiger partial charge >= 0.3 is 0 Å². The molecule has 0 fully saturated rings. The Balaban J connectivity index is 1.19. The highest BCUT2D eigenvalue weighted by Crippen LogP contribution is 2.44. The molecular weight excluding hydrogens is 735 g/mol. The summed E-state index contributed by atoms with van der Waals surface area (Å²) in [7, 11) is 0. The lowest BCUT2D eigenvalue weighted by molar-refractivity contribution is 0.482. The SMILES string of the molecule is CC(C)(C)c1ccnc(-n2c3ccccc3c3ccc(Oc4cc5c(cc4-n4c6ccccc6c6ccccc64)c4ccccc4n5-c4cc(C(C)(C)C)ccn4)cc32)c1. The maximum atomic E-state index is 7.29. The Hall–Kier alpha value is -7.18. The monoisotopic (exact) mass is 779 g/mol. The van der Waals surface area contributed by atoms with Crippen LogP contribution in [-0.2, 0) is 10.8 Å². The fraction of sp³-hybridized carbons (Fsp3) is 0.148. The summed E-state index contributed by atoms with van der Waals surface area (Å²) in [6, 6.07) is 54.2. The zero-order chi connectivity index (χ0) is 40.9. The zero-order valence-corrected chi connectivity index (χ0v) is 34.7. The number of hydrogen-bond donors (Lipinski definition) is 0. The van der Waals surface area contributed by atoms with Crippen molar-refractivity contribution in [2.75, 3.05) is 0 Å². The van der Waals surface area contributed by atoms with E-state index in [0.717, 1.165) is 78.1 Å². The summed E-state index contributed by atoms with van der Waals surface area (Å²) < 4.78 is 14.2. The lowest BCUT2D eigenvalue weighted by Gasteiger charge is -2.20. The summed E-state index contributed by atoms with van der Waals surface area (Å²) in [5.41, 5.74) is 9.82. The third-order valence-electron chi connectivity index (χ3n) is 12.1. The van der Waals surface area contributed by atoms with Gasteiger partial charge in [-0.05, 0) is 88.7 Å². The van der Waals surface area contributed by atoms with E-state index >= 15 is 0 Å². The molecule has 6 nitrogen and oxygen atoms in total. The van der Waals surface area contributed by atoms with Crippen LogP contribution < -0.4 is 4.74 Å². The van der Waals surface area contributed by atoms with Crippen LogP contribution in [0.4, 0.5) is 0 Å². The number of aromatic nitrogens is 5. The maximum absolute atomic E-state index is 7.29.